The van der Waals surface area contributed by atoms with E-state index in [-0.39, 0.29) is 12.4 Å². The molecule has 0 amide bonds. The first-order valence-electron chi connectivity index (χ1n) is 5.65. The Morgan fingerprint density at radius 1 is 1.11 bits per heavy atom. The molecule has 1 heterocycles. The SMILES string of the molecule is COc1ccc2c(c1)[nH]c1cc(O)c(CO)cc12. The van der Waals surface area contributed by atoms with Gasteiger partial charge in [0.1, 0.15) is 11.5 Å². The number of aliphatic hydroxyl groups is 1. The van der Waals surface area contributed by atoms with Crippen LogP contribution in [0, 0.1) is 0 Å². The maximum absolute atomic E-state index is 9.73. The van der Waals surface area contributed by atoms with Crippen LogP contribution in [0.15, 0.2) is 30.3 Å². The molecule has 0 fully saturated rings. The highest BCUT2D eigenvalue weighted by atomic mass is 16.5. The normalized spacial score (nSPS) is 11.2. The zero-order chi connectivity index (χ0) is 12.7. The molecule has 0 aliphatic heterocycles. The summed E-state index contributed by atoms with van der Waals surface area (Å²) in [6.07, 6.45) is 0. The minimum Gasteiger partial charge on any atom is -0.508 e. The molecule has 4 heteroatoms. The van der Waals surface area contributed by atoms with E-state index >= 15 is 0 Å². The van der Waals surface area contributed by atoms with Crippen molar-refractivity contribution in [1.29, 1.82) is 0 Å². The molecule has 0 radical (unpaired) electrons. The number of hydrogen-bond donors (Lipinski definition) is 3. The first-order chi connectivity index (χ1) is 8.72. The molecule has 0 bridgehead atoms. The molecule has 4 nitrogen and oxygen atoms in total. The van der Waals surface area contributed by atoms with Crippen molar-refractivity contribution >= 4 is 21.8 Å². The average molecular weight is 243 g/mol. The van der Waals surface area contributed by atoms with Crippen LogP contribution in [0.2, 0.25) is 0 Å². The Kier molecular flexibility index (Phi) is 2.38. The van der Waals surface area contributed by atoms with Crippen molar-refractivity contribution in [2.75, 3.05) is 7.11 Å². The molecule has 0 aliphatic carbocycles. The van der Waals surface area contributed by atoms with Gasteiger partial charge in [0.2, 0.25) is 0 Å². The fourth-order valence-electron chi connectivity index (χ4n) is 2.22. The second-order valence-electron chi connectivity index (χ2n) is 4.22. The van der Waals surface area contributed by atoms with Gasteiger partial charge in [0, 0.05) is 28.5 Å². The van der Waals surface area contributed by atoms with Crippen LogP contribution in [0.5, 0.6) is 11.5 Å². The van der Waals surface area contributed by atoms with Crippen molar-refractivity contribution in [1.82, 2.24) is 4.98 Å². The van der Waals surface area contributed by atoms with Gasteiger partial charge in [-0.15, -0.1) is 0 Å². The van der Waals surface area contributed by atoms with Gasteiger partial charge in [-0.25, -0.2) is 0 Å². The van der Waals surface area contributed by atoms with Crippen molar-refractivity contribution < 1.29 is 14.9 Å². The summed E-state index contributed by atoms with van der Waals surface area (Å²) >= 11 is 0. The highest BCUT2D eigenvalue weighted by Crippen LogP contribution is 2.32. The van der Waals surface area contributed by atoms with Crippen LogP contribution in [0.4, 0.5) is 0 Å². The molecule has 1 aromatic heterocycles. The summed E-state index contributed by atoms with van der Waals surface area (Å²) in [6.45, 7) is -0.176. The Balaban J connectivity index is 2.36. The second-order valence-corrected chi connectivity index (χ2v) is 4.22. The first kappa shape index (κ1) is 10.9. The van der Waals surface area contributed by atoms with Gasteiger partial charge in [-0.3, -0.25) is 0 Å². The number of aliphatic hydroxyl groups excluding tert-OH is 1. The minimum absolute atomic E-state index is 0.100. The van der Waals surface area contributed by atoms with Crippen molar-refractivity contribution in [3.05, 3.63) is 35.9 Å². The third-order valence-corrected chi connectivity index (χ3v) is 3.18. The molecule has 2 aromatic carbocycles. The highest BCUT2D eigenvalue weighted by molar-refractivity contribution is 6.08. The molecule has 0 saturated heterocycles. The summed E-state index contributed by atoms with van der Waals surface area (Å²) in [4.78, 5) is 3.22. The van der Waals surface area contributed by atoms with Crippen LogP contribution < -0.4 is 4.74 Å². The monoisotopic (exact) mass is 243 g/mol. The highest BCUT2D eigenvalue weighted by Gasteiger charge is 2.09. The van der Waals surface area contributed by atoms with Gasteiger partial charge in [0.25, 0.3) is 0 Å². The van der Waals surface area contributed by atoms with E-state index < -0.39 is 0 Å². The van der Waals surface area contributed by atoms with Gasteiger partial charge in [0.05, 0.1) is 24.8 Å². The smallest absolute Gasteiger partial charge is 0.123 e. The van der Waals surface area contributed by atoms with E-state index in [0.29, 0.717) is 5.56 Å². The summed E-state index contributed by atoms with van der Waals surface area (Å²) in [5, 5.41) is 20.9. The Hall–Kier alpha value is -2.20. The van der Waals surface area contributed by atoms with Crippen LogP contribution in [-0.4, -0.2) is 22.3 Å². The predicted molar refractivity (Wildman–Crippen MR) is 69.9 cm³/mol. The number of benzene rings is 2. The number of phenols is 1. The molecule has 0 spiro atoms. The summed E-state index contributed by atoms with van der Waals surface area (Å²) in [5.74, 6) is 0.879. The molecule has 0 saturated carbocycles. The quantitative estimate of drug-likeness (QED) is 0.648. The fraction of sp³-hybridized carbons (Fsp3) is 0.143. The van der Waals surface area contributed by atoms with Crippen molar-refractivity contribution in [2.24, 2.45) is 0 Å². The number of ether oxygens (including phenoxy) is 1. The number of aromatic nitrogens is 1. The molecule has 0 aliphatic rings. The fourth-order valence-corrected chi connectivity index (χ4v) is 2.22. The molecule has 18 heavy (non-hydrogen) atoms. The number of rotatable bonds is 2. The molecule has 3 rings (SSSR count). The van der Waals surface area contributed by atoms with E-state index in [4.69, 9.17) is 4.74 Å². The van der Waals surface area contributed by atoms with E-state index in [1.807, 2.05) is 18.2 Å². The third kappa shape index (κ3) is 1.50. The minimum atomic E-state index is -0.176. The number of nitrogens with one attached hydrogen (secondary N) is 1. The lowest BCUT2D eigenvalue weighted by Crippen LogP contribution is -1.83. The summed E-state index contributed by atoms with van der Waals surface area (Å²) in [5.41, 5.74) is 2.31. The summed E-state index contributed by atoms with van der Waals surface area (Å²) < 4.78 is 5.18. The Morgan fingerprint density at radius 2 is 1.89 bits per heavy atom. The second kappa shape index (κ2) is 3.92. The van der Waals surface area contributed by atoms with E-state index in [1.165, 1.54) is 0 Å². The summed E-state index contributed by atoms with van der Waals surface area (Å²) in [6, 6.07) is 9.20. The average Bonchev–Trinajstić information content (AvgIpc) is 2.73. The Labute approximate surface area is 103 Å². The Morgan fingerprint density at radius 3 is 2.61 bits per heavy atom. The lowest BCUT2D eigenvalue weighted by atomic mass is 10.1. The van der Waals surface area contributed by atoms with Crippen LogP contribution in [0.1, 0.15) is 5.56 Å². The van der Waals surface area contributed by atoms with Gasteiger partial charge >= 0.3 is 0 Å². The number of aromatic hydroxyl groups is 1. The van der Waals surface area contributed by atoms with Gasteiger partial charge in [-0.1, -0.05) is 0 Å². The van der Waals surface area contributed by atoms with Crippen LogP contribution in [0.3, 0.4) is 0 Å². The zero-order valence-electron chi connectivity index (χ0n) is 9.90. The van der Waals surface area contributed by atoms with Gasteiger partial charge in [0.15, 0.2) is 0 Å². The van der Waals surface area contributed by atoms with E-state index in [9.17, 15) is 10.2 Å². The van der Waals surface area contributed by atoms with Gasteiger partial charge in [-0.05, 0) is 18.2 Å². The standard InChI is InChI=1S/C14H13NO3/c1-18-9-2-3-10-11-4-8(7-16)14(17)6-13(11)15-12(10)5-9/h2-6,15-17H,7H2,1H3. The first-order valence-corrected chi connectivity index (χ1v) is 5.65. The molecule has 0 atom stereocenters. The van der Waals surface area contributed by atoms with Crippen molar-refractivity contribution in [2.45, 2.75) is 6.61 Å². The number of aromatic amines is 1. The van der Waals surface area contributed by atoms with E-state index in [0.717, 1.165) is 27.6 Å². The largest absolute Gasteiger partial charge is 0.508 e. The van der Waals surface area contributed by atoms with Crippen LogP contribution >= 0.6 is 0 Å². The number of hydrogen-bond acceptors (Lipinski definition) is 3. The molecular formula is C14H13NO3. The maximum atomic E-state index is 9.73. The molecule has 3 N–H and O–H groups in total. The van der Waals surface area contributed by atoms with Crippen molar-refractivity contribution in [3.63, 3.8) is 0 Å². The summed E-state index contributed by atoms with van der Waals surface area (Å²) in [7, 11) is 1.62. The number of methoxy groups -OCH3 is 1. The van der Waals surface area contributed by atoms with Crippen LogP contribution in [-0.2, 0) is 6.61 Å². The maximum Gasteiger partial charge on any atom is 0.123 e. The Bertz CT molecular complexity index is 731. The number of H-pyrrole nitrogens is 1. The van der Waals surface area contributed by atoms with Crippen LogP contribution in [0.25, 0.3) is 21.8 Å². The third-order valence-electron chi connectivity index (χ3n) is 3.18. The van der Waals surface area contributed by atoms with Gasteiger partial charge < -0.3 is 19.9 Å². The zero-order valence-corrected chi connectivity index (χ0v) is 9.90. The lowest BCUT2D eigenvalue weighted by molar-refractivity contribution is 0.276. The number of fused-ring (bicyclic) bond motifs is 3. The van der Waals surface area contributed by atoms with E-state index in [2.05, 4.69) is 4.98 Å². The lowest BCUT2D eigenvalue weighted by Gasteiger charge is -2.01. The van der Waals surface area contributed by atoms with Crippen molar-refractivity contribution in [3.8, 4) is 11.5 Å². The molecular weight excluding hydrogens is 230 g/mol. The van der Waals surface area contributed by atoms with E-state index in [1.54, 1.807) is 19.2 Å². The molecule has 0 unspecified atom stereocenters. The molecule has 92 valence electrons. The molecule has 3 aromatic rings. The topological polar surface area (TPSA) is 65.5 Å². The van der Waals surface area contributed by atoms with Gasteiger partial charge in [-0.2, -0.15) is 0 Å². The predicted octanol–water partition coefficient (Wildman–Crippen LogP) is 2.53.